The van der Waals surface area contributed by atoms with Gasteiger partial charge in [-0.25, -0.2) is 0 Å². The maximum atomic E-state index is 5.37. The Labute approximate surface area is 105 Å². The van der Waals surface area contributed by atoms with E-state index in [1.54, 1.807) is 21.3 Å². The number of hydrogen-bond acceptors (Lipinski definition) is 4. The second-order valence-corrected chi connectivity index (χ2v) is 5.86. The molecule has 0 aromatic heterocycles. The average molecular weight is 271 g/mol. The van der Waals surface area contributed by atoms with Gasteiger partial charge in [0.05, 0.1) is 5.67 Å². The van der Waals surface area contributed by atoms with Crippen molar-refractivity contribution in [2.75, 3.05) is 27.9 Å². The van der Waals surface area contributed by atoms with Crippen LogP contribution in [0.3, 0.4) is 0 Å². The quantitative estimate of drug-likeness (QED) is 0.567. The predicted molar refractivity (Wildman–Crippen MR) is 77.0 cm³/mol. The van der Waals surface area contributed by atoms with Crippen molar-refractivity contribution in [2.24, 2.45) is 0 Å². The van der Waals surface area contributed by atoms with Gasteiger partial charge in [-0.3, -0.25) is 0 Å². The van der Waals surface area contributed by atoms with E-state index in [4.69, 9.17) is 13.3 Å². The van der Waals surface area contributed by atoms with Crippen LogP contribution in [-0.2, 0) is 13.3 Å². The van der Waals surface area contributed by atoms with Crippen LogP contribution in [0.1, 0.15) is 34.1 Å². The van der Waals surface area contributed by atoms with E-state index in [0.717, 1.165) is 13.0 Å². The molecule has 0 aromatic rings. The Morgan fingerprint density at radius 1 is 1.00 bits per heavy atom. The molecule has 1 N–H and O–H groups in total. The molecule has 0 bridgehead atoms. The Morgan fingerprint density at radius 3 is 1.56 bits per heavy atom. The van der Waals surface area contributed by atoms with Crippen LogP contribution in [0.15, 0.2) is 0 Å². The van der Waals surface area contributed by atoms with Crippen LogP contribution < -0.4 is 5.32 Å². The molecule has 0 spiro atoms. The highest BCUT2D eigenvalue weighted by atomic mass is 31.0. The van der Waals surface area contributed by atoms with Gasteiger partial charge >= 0.3 is 8.80 Å². The molecular weight excluding hydrogens is 241 g/mol. The summed E-state index contributed by atoms with van der Waals surface area (Å²) in [7, 11) is 2.44. The number of hydrogen-bond donors (Lipinski definition) is 1. The molecular formula is C10H30NO3PSi. The first-order valence-electron chi connectivity index (χ1n) is 5.59. The zero-order valence-electron chi connectivity index (χ0n) is 11.9. The minimum Gasteiger partial charge on any atom is -0.376 e. The van der Waals surface area contributed by atoms with E-state index < -0.39 is 8.80 Å². The molecule has 0 aliphatic heterocycles. The van der Waals surface area contributed by atoms with Gasteiger partial charge in [0, 0.05) is 21.3 Å². The van der Waals surface area contributed by atoms with Crippen molar-refractivity contribution in [1.29, 1.82) is 0 Å². The zero-order chi connectivity index (χ0) is 12.3. The summed E-state index contributed by atoms with van der Waals surface area (Å²) in [6.07, 6.45) is 0.940. The molecule has 102 valence electrons. The fraction of sp³-hybridized carbons (Fsp3) is 1.00. The van der Waals surface area contributed by atoms with E-state index in [1.165, 1.54) is 0 Å². The molecule has 2 unspecified atom stereocenters. The Balaban J connectivity index is -0.000000529. The third-order valence-corrected chi connectivity index (χ3v) is 5.31. The predicted octanol–water partition coefficient (Wildman–Crippen LogP) is 1.88. The normalized spacial score (nSPS) is 12.2. The van der Waals surface area contributed by atoms with Crippen LogP contribution in [-0.4, -0.2) is 42.3 Å². The Bertz CT molecular complexity index is 129. The van der Waals surface area contributed by atoms with Crippen LogP contribution >= 0.6 is 9.90 Å². The summed E-state index contributed by atoms with van der Waals surface area (Å²) in [5.41, 5.74) is 0.178. The minimum atomic E-state index is -2.48. The Kier molecular flexibility index (Phi) is 18.4. The van der Waals surface area contributed by atoms with Gasteiger partial charge in [-0.1, -0.05) is 27.7 Å². The SMILES string of the molecule is CC.CCNC(CC)[Si](OC)(OC)OC.P. The van der Waals surface area contributed by atoms with Gasteiger partial charge in [0.1, 0.15) is 0 Å². The van der Waals surface area contributed by atoms with E-state index in [1.807, 2.05) is 13.8 Å². The maximum absolute atomic E-state index is 5.37. The average Bonchev–Trinajstić information content (AvgIpc) is 2.33. The fourth-order valence-electron chi connectivity index (χ4n) is 1.44. The summed E-state index contributed by atoms with van der Waals surface area (Å²) in [5.74, 6) is 0. The highest BCUT2D eigenvalue weighted by Crippen LogP contribution is 2.14. The van der Waals surface area contributed by atoms with E-state index in [2.05, 4.69) is 19.2 Å². The van der Waals surface area contributed by atoms with Crippen molar-refractivity contribution in [3.8, 4) is 0 Å². The summed E-state index contributed by atoms with van der Waals surface area (Å²) in [4.78, 5) is 0. The van der Waals surface area contributed by atoms with Crippen LogP contribution in [0.5, 0.6) is 0 Å². The fourth-order valence-corrected chi connectivity index (χ4v) is 3.75. The van der Waals surface area contributed by atoms with Gasteiger partial charge < -0.3 is 18.6 Å². The first-order chi connectivity index (χ1) is 7.20. The molecule has 0 fully saturated rings. The lowest BCUT2D eigenvalue weighted by molar-refractivity contribution is 0.106. The topological polar surface area (TPSA) is 39.7 Å². The summed E-state index contributed by atoms with van der Waals surface area (Å²) in [6.45, 7) is 9.04. The molecule has 0 saturated heterocycles. The number of rotatable bonds is 7. The summed E-state index contributed by atoms with van der Waals surface area (Å²) in [5, 5.41) is 3.31. The minimum absolute atomic E-state index is 0. The summed E-state index contributed by atoms with van der Waals surface area (Å²) < 4.78 is 16.1. The van der Waals surface area contributed by atoms with Gasteiger partial charge in [-0.05, 0) is 13.0 Å². The standard InChI is InChI=1S/C8H21NO3Si.C2H6.H3P/c1-6-8(9-7-2)13(10-3,11-4)12-5;1-2;/h8-9H,6-7H2,1-5H3;1-2H3;1H3. The smallest absolute Gasteiger partial charge is 0.376 e. The molecule has 2 atom stereocenters. The summed E-state index contributed by atoms with van der Waals surface area (Å²) in [6, 6.07) is 0. The molecule has 0 rings (SSSR count). The maximum Gasteiger partial charge on any atom is 0.517 e. The van der Waals surface area contributed by atoms with Gasteiger partial charge in [-0.2, -0.15) is 9.90 Å². The van der Waals surface area contributed by atoms with Crippen molar-refractivity contribution in [3.05, 3.63) is 0 Å². The summed E-state index contributed by atoms with van der Waals surface area (Å²) >= 11 is 0. The molecule has 16 heavy (non-hydrogen) atoms. The molecule has 0 aliphatic carbocycles. The van der Waals surface area contributed by atoms with Crippen LogP contribution in [0.2, 0.25) is 0 Å². The second-order valence-electron chi connectivity index (χ2n) is 2.73. The van der Waals surface area contributed by atoms with Crippen molar-refractivity contribution in [3.63, 3.8) is 0 Å². The molecule has 0 aliphatic rings. The van der Waals surface area contributed by atoms with E-state index in [0.29, 0.717) is 0 Å². The van der Waals surface area contributed by atoms with Crippen LogP contribution in [0.25, 0.3) is 0 Å². The lowest BCUT2D eigenvalue weighted by Crippen LogP contribution is -2.60. The zero-order valence-corrected chi connectivity index (χ0v) is 14.3. The number of nitrogens with one attached hydrogen (secondary N) is 1. The third-order valence-electron chi connectivity index (χ3n) is 2.14. The monoisotopic (exact) mass is 271 g/mol. The van der Waals surface area contributed by atoms with Crippen LogP contribution in [0.4, 0.5) is 0 Å². The molecule has 0 heterocycles. The highest BCUT2D eigenvalue weighted by Gasteiger charge is 2.45. The van der Waals surface area contributed by atoms with Crippen molar-refractivity contribution in [1.82, 2.24) is 5.32 Å². The molecule has 0 radical (unpaired) electrons. The first kappa shape index (κ1) is 21.7. The van der Waals surface area contributed by atoms with E-state index >= 15 is 0 Å². The largest absolute Gasteiger partial charge is 0.517 e. The second kappa shape index (κ2) is 13.6. The third kappa shape index (κ3) is 6.28. The van der Waals surface area contributed by atoms with Gasteiger partial charge in [0.15, 0.2) is 0 Å². The lowest BCUT2D eigenvalue weighted by atomic mass is 10.5. The Morgan fingerprint density at radius 2 is 1.38 bits per heavy atom. The molecule has 6 heteroatoms. The molecule has 4 nitrogen and oxygen atoms in total. The van der Waals surface area contributed by atoms with Gasteiger partial charge in [0.25, 0.3) is 0 Å². The van der Waals surface area contributed by atoms with Crippen LogP contribution in [0, 0.1) is 0 Å². The van der Waals surface area contributed by atoms with E-state index in [-0.39, 0.29) is 15.6 Å². The molecule has 0 amide bonds. The van der Waals surface area contributed by atoms with Crippen molar-refractivity contribution < 1.29 is 13.3 Å². The van der Waals surface area contributed by atoms with Crippen molar-refractivity contribution >= 4 is 18.7 Å². The first-order valence-corrected chi connectivity index (χ1v) is 7.39. The molecule has 0 aromatic carbocycles. The van der Waals surface area contributed by atoms with E-state index in [9.17, 15) is 0 Å². The van der Waals surface area contributed by atoms with Gasteiger partial charge in [0.2, 0.25) is 0 Å². The lowest BCUT2D eigenvalue weighted by Gasteiger charge is -2.32. The van der Waals surface area contributed by atoms with Crippen molar-refractivity contribution in [2.45, 2.75) is 39.8 Å². The van der Waals surface area contributed by atoms with Gasteiger partial charge in [-0.15, -0.1) is 0 Å². The molecule has 0 saturated carbocycles. The highest BCUT2D eigenvalue weighted by molar-refractivity contribution is 6.92. The Hall–Kier alpha value is 0.487.